The van der Waals surface area contributed by atoms with Gasteiger partial charge in [0.1, 0.15) is 0 Å². The maximum atomic E-state index is 13.5. The Morgan fingerprint density at radius 1 is 1.04 bits per heavy atom. The second-order valence-corrected chi connectivity index (χ2v) is 7.64. The summed E-state index contributed by atoms with van der Waals surface area (Å²) in [6.07, 6.45) is -3.42. The Hall–Kier alpha value is -2.36. The van der Waals surface area contributed by atoms with E-state index in [1.54, 1.807) is 30.3 Å². The molecule has 3 rings (SSSR count). The van der Waals surface area contributed by atoms with Crippen LogP contribution in [-0.2, 0) is 10.0 Å². The van der Waals surface area contributed by atoms with Gasteiger partial charge in [0.05, 0.1) is 16.3 Å². The molecule has 0 fully saturated rings. The van der Waals surface area contributed by atoms with Crippen LogP contribution >= 0.6 is 0 Å². The quantitative estimate of drug-likeness (QED) is 0.854. The third kappa shape index (κ3) is 3.33. The van der Waals surface area contributed by atoms with Crippen molar-refractivity contribution in [2.75, 3.05) is 5.01 Å². The van der Waals surface area contributed by atoms with Crippen molar-refractivity contribution in [3.63, 3.8) is 0 Å². The van der Waals surface area contributed by atoms with E-state index in [1.165, 1.54) is 29.3 Å². The number of hydrogen-bond donors (Lipinski definition) is 2. The molecule has 0 saturated carbocycles. The Kier molecular flexibility index (Phi) is 4.33. The van der Waals surface area contributed by atoms with Crippen LogP contribution in [0, 0.1) is 0 Å². The van der Waals surface area contributed by atoms with E-state index in [0.29, 0.717) is 16.9 Å². The lowest BCUT2D eigenvalue weighted by Crippen LogP contribution is -2.54. The standard InChI is InChI=1S/C17H16F3N3O2S/c1-16(17(18,19)20)11-15(12-5-3-2-4-6-12)23(22-16)13-7-9-14(10-8-13)26(21,24)25/h2-11,22H,1H3,(H2,21,24,25). The number of hydrogen-bond acceptors (Lipinski definition) is 4. The molecule has 1 atom stereocenters. The predicted molar refractivity (Wildman–Crippen MR) is 92.3 cm³/mol. The first-order valence-corrected chi connectivity index (χ1v) is 9.12. The molecule has 9 heteroatoms. The number of nitrogens with two attached hydrogens (primary N) is 1. The number of hydrazine groups is 1. The van der Waals surface area contributed by atoms with E-state index in [4.69, 9.17) is 5.14 Å². The van der Waals surface area contributed by atoms with Gasteiger partial charge in [0.2, 0.25) is 10.0 Å². The molecule has 1 aliphatic heterocycles. The average molecular weight is 383 g/mol. The van der Waals surface area contributed by atoms with Gasteiger partial charge in [-0.1, -0.05) is 30.3 Å². The molecule has 1 aliphatic rings. The first kappa shape index (κ1) is 18.4. The molecular formula is C17H16F3N3O2S. The number of alkyl halides is 3. The summed E-state index contributed by atoms with van der Waals surface area (Å²) in [7, 11) is -3.89. The maximum absolute atomic E-state index is 13.5. The summed E-state index contributed by atoms with van der Waals surface area (Å²) in [5, 5.41) is 6.35. The molecule has 138 valence electrons. The van der Waals surface area contributed by atoms with Crippen LogP contribution in [-0.4, -0.2) is 20.1 Å². The molecule has 0 aromatic heterocycles. The number of benzene rings is 2. The predicted octanol–water partition coefficient (Wildman–Crippen LogP) is 3.02. The second kappa shape index (κ2) is 6.11. The fourth-order valence-electron chi connectivity index (χ4n) is 2.62. The van der Waals surface area contributed by atoms with Gasteiger partial charge >= 0.3 is 6.18 Å². The van der Waals surface area contributed by atoms with Crippen molar-refractivity contribution in [1.29, 1.82) is 0 Å². The summed E-state index contributed by atoms with van der Waals surface area (Å²) >= 11 is 0. The lowest BCUT2D eigenvalue weighted by atomic mass is 10.0. The zero-order valence-electron chi connectivity index (χ0n) is 13.7. The minimum atomic E-state index is -4.53. The van der Waals surface area contributed by atoms with E-state index in [0.717, 1.165) is 13.0 Å². The van der Waals surface area contributed by atoms with Crippen LogP contribution < -0.4 is 15.6 Å². The van der Waals surface area contributed by atoms with Gasteiger partial charge < -0.3 is 0 Å². The Balaban J connectivity index is 2.07. The molecule has 2 aromatic rings. The van der Waals surface area contributed by atoms with Crippen molar-refractivity contribution in [2.45, 2.75) is 23.5 Å². The number of sulfonamides is 1. The first-order chi connectivity index (χ1) is 12.0. The minimum Gasteiger partial charge on any atom is -0.276 e. The van der Waals surface area contributed by atoms with Crippen molar-refractivity contribution in [3.8, 4) is 0 Å². The van der Waals surface area contributed by atoms with Crippen LogP contribution in [0.15, 0.2) is 65.6 Å². The first-order valence-electron chi connectivity index (χ1n) is 7.57. The molecule has 1 unspecified atom stereocenters. The van der Waals surface area contributed by atoms with E-state index in [2.05, 4.69) is 5.43 Å². The van der Waals surface area contributed by atoms with Gasteiger partial charge in [-0.25, -0.2) is 19.0 Å². The molecule has 0 spiro atoms. The number of rotatable bonds is 3. The molecule has 0 aliphatic carbocycles. The summed E-state index contributed by atoms with van der Waals surface area (Å²) in [4.78, 5) is -0.121. The third-order valence-corrected chi connectivity index (χ3v) is 5.02. The van der Waals surface area contributed by atoms with E-state index >= 15 is 0 Å². The summed E-state index contributed by atoms with van der Waals surface area (Å²) < 4.78 is 63.3. The van der Waals surface area contributed by atoms with Crippen molar-refractivity contribution < 1.29 is 21.6 Å². The molecular weight excluding hydrogens is 367 g/mol. The summed E-state index contributed by atoms with van der Waals surface area (Å²) in [5.74, 6) is 0. The summed E-state index contributed by atoms with van der Waals surface area (Å²) in [6.45, 7) is 1.04. The minimum absolute atomic E-state index is 0.121. The molecule has 5 nitrogen and oxygen atoms in total. The van der Waals surface area contributed by atoms with Crippen molar-refractivity contribution in [2.24, 2.45) is 5.14 Å². The van der Waals surface area contributed by atoms with Crippen LogP contribution in [0.5, 0.6) is 0 Å². The van der Waals surface area contributed by atoms with Crippen molar-refractivity contribution in [3.05, 3.63) is 66.2 Å². The SMILES string of the molecule is CC1(C(F)(F)F)C=C(c2ccccc2)N(c2ccc(S(N)(=O)=O)cc2)N1. The highest BCUT2D eigenvalue weighted by molar-refractivity contribution is 7.89. The molecule has 26 heavy (non-hydrogen) atoms. The molecule has 1 heterocycles. The van der Waals surface area contributed by atoms with Crippen LogP contribution in [0.25, 0.3) is 5.70 Å². The number of primary sulfonamides is 1. The highest BCUT2D eigenvalue weighted by Crippen LogP contribution is 2.41. The van der Waals surface area contributed by atoms with Crippen LogP contribution in [0.1, 0.15) is 12.5 Å². The molecule has 0 radical (unpaired) electrons. The number of anilines is 1. The van der Waals surface area contributed by atoms with Crippen molar-refractivity contribution in [1.82, 2.24) is 5.43 Å². The third-order valence-electron chi connectivity index (χ3n) is 4.09. The number of nitrogens with zero attached hydrogens (tertiary/aromatic N) is 1. The number of halogens is 3. The Morgan fingerprint density at radius 2 is 1.62 bits per heavy atom. The highest BCUT2D eigenvalue weighted by atomic mass is 32.2. The van der Waals surface area contributed by atoms with E-state index < -0.39 is 21.7 Å². The van der Waals surface area contributed by atoms with Gasteiger partial charge in [0, 0.05) is 0 Å². The Labute approximate surface area is 148 Å². The molecule has 0 amide bonds. The van der Waals surface area contributed by atoms with Gasteiger partial charge in [0.25, 0.3) is 0 Å². The molecule has 3 N–H and O–H groups in total. The second-order valence-electron chi connectivity index (χ2n) is 6.08. The summed E-state index contributed by atoms with van der Waals surface area (Å²) in [6, 6.07) is 13.9. The molecule has 0 saturated heterocycles. The van der Waals surface area contributed by atoms with Crippen LogP contribution in [0.4, 0.5) is 18.9 Å². The zero-order chi connectivity index (χ0) is 19.2. The fourth-order valence-corrected chi connectivity index (χ4v) is 3.13. The van der Waals surface area contributed by atoms with Gasteiger partial charge in [-0.05, 0) is 42.8 Å². The van der Waals surface area contributed by atoms with Gasteiger partial charge in [-0.2, -0.15) is 13.2 Å². The van der Waals surface area contributed by atoms with E-state index in [9.17, 15) is 21.6 Å². The van der Waals surface area contributed by atoms with E-state index in [1.807, 2.05) is 0 Å². The molecule has 2 aromatic carbocycles. The average Bonchev–Trinajstić information content (AvgIpc) is 2.94. The van der Waals surface area contributed by atoms with E-state index in [-0.39, 0.29) is 4.90 Å². The molecule has 0 bridgehead atoms. The summed E-state index contributed by atoms with van der Waals surface area (Å²) in [5.41, 5.74) is 1.45. The lowest BCUT2D eigenvalue weighted by molar-refractivity contribution is -0.174. The Bertz CT molecular complexity index is 941. The lowest BCUT2D eigenvalue weighted by Gasteiger charge is -2.30. The zero-order valence-corrected chi connectivity index (χ0v) is 14.5. The topological polar surface area (TPSA) is 75.4 Å². The van der Waals surface area contributed by atoms with Gasteiger partial charge in [-0.3, -0.25) is 5.01 Å². The monoisotopic (exact) mass is 383 g/mol. The maximum Gasteiger partial charge on any atom is 0.411 e. The van der Waals surface area contributed by atoms with Gasteiger partial charge in [0.15, 0.2) is 5.54 Å². The normalized spacial score (nSPS) is 21.0. The fraction of sp³-hybridized carbons (Fsp3) is 0.176. The highest BCUT2D eigenvalue weighted by Gasteiger charge is 2.54. The number of nitrogens with one attached hydrogen (secondary N) is 1. The van der Waals surface area contributed by atoms with Crippen LogP contribution in [0.3, 0.4) is 0 Å². The smallest absolute Gasteiger partial charge is 0.276 e. The van der Waals surface area contributed by atoms with Crippen LogP contribution in [0.2, 0.25) is 0 Å². The van der Waals surface area contributed by atoms with Crippen molar-refractivity contribution >= 4 is 21.4 Å². The Morgan fingerprint density at radius 3 is 2.12 bits per heavy atom. The van der Waals surface area contributed by atoms with Gasteiger partial charge in [-0.15, -0.1) is 0 Å². The largest absolute Gasteiger partial charge is 0.411 e.